The number of hydrogen-bond acceptors (Lipinski definition) is 1. The number of nitriles is 1. The first-order valence-corrected chi connectivity index (χ1v) is 2.08. The normalized spacial score (nSPS) is 7.50. The molecule has 0 rings (SSSR count). The van der Waals surface area contributed by atoms with E-state index in [1.807, 2.05) is 0 Å². The van der Waals surface area contributed by atoms with Crippen LogP contribution in [0, 0.1) is 11.3 Å². The van der Waals surface area contributed by atoms with Gasteiger partial charge in [0.15, 0.2) is 0 Å². The van der Waals surface area contributed by atoms with Crippen LogP contribution >= 0.6 is 0 Å². The van der Waals surface area contributed by atoms with Crippen LogP contribution in [0.15, 0.2) is 24.6 Å². The summed E-state index contributed by atoms with van der Waals surface area (Å²) in [6, 6.07) is 1.70. The molecule has 0 spiro atoms. The first kappa shape index (κ1) is 6.90. The minimum atomic E-state index is -0.517. The number of nitrogens with zero attached hydrogens (tertiary/aromatic N) is 1. The minimum absolute atomic E-state index is 0.0313. The van der Waals surface area contributed by atoms with Gasteiger partial charge in [-0.15, -0.1) is 0 Å². The van der Waals surface area contributed by atoms with E-state index in [9.17, 15) is 4.39 Å². The molecule has 1 nitrogen and oxygen atoms in total. The predicted octanol–water partition coefficient (Wildman–Crippen LogP) is 1.94. The summed E-state index contributed by atoms with van der Waals surface area (Å²) in [5, 5.41) is 8.03. The topological polar surface area (TPSA) is 23.8 Å². The molecule has 0 saturated heterocycles. The highest BCUT2D eigenvalue weighted by Gasteiger charge is 1.92. The average molecular weight is 111 g/mol. The van der Waals surface area contributed by atoms with Gasteiger partial charge in [0, 0.05) is 12.0 Å². The van der Waals surface area contributed by atoms with Crippen LogP contribution in [0.2, 0.25) is 0 Å². The Kier molecular flexibility index (Phi) is 2.57. The van der Waals surface area contributed by atoms with Crippen molar-refractivity contribution in [3.8, 4) is 6.07 Å². The molecule has 0 unspecified atom stereocenters. The molecule has 0 heterocycles. The molecule has 0 amide bonds. The quantitative estimate of drug-likeness (QED) is 0.499. The largest absolute Gasteiger partial charge is 0.212 e. The molecule has 0 saturated carbocycles. The molecular formula is C6H6FN. The van der Waals surface area contributed by atoms with Crippen molar-refractivity contribution in [3.63, 3.8) is 0 Å². The van der Waals surface area contributed by atoms with E-state index in [2.05, 4.69) is 13.2 Å². The van der Waals surface area contributed by atoms with Crippen LogP contribution in [0.5, 0.6) is 0 Å². The van der Waals surface area contributed by atoms with E-state index in [-0.39, 0.29) is 12.0 Å². The summed E-state index contributed by atoms with van der Waals surface area (Å²) >= 11 is 0. The van der Waals surface area contributed by atoms with Gasteiger partial charge in [-0.3, -0.25) is 0 Å². The average Bonchev–Trinajstić information content (AvgIpc) is 1.65. The number of rotatable bonds is 2. The van der Waals surface area contributed by atoms with E-state index in [0.29, 0.717) is 0 Å². The minimum Gasteiger partial charge on any atom is -0.212 e. The number of hydrogen-bond donors (Lipinski definition) is 0. The maximum absolute atomic E-state index is 11.7. The highest BCUT2D eigenvalue weighted by atomic mass is 19.1. The number of halogens is 1. The molecule has 0 aromatic rings. The Balaban J connectivity index is 3.61. The van der Waals surface area contributed by atoms with Gasteiger partial charge in [-0.1, -0.05) is 13.2 Å². The van der Waals surface area contributed by atoms with E-state index in [1.54, 1.807) is 6.07 Å². The molecular weight excluding hydrogens is 105 g/mol. The van der Waals surface area contributed by atoms with Gasteiger partial charge in [-0.05, 0) is 0 Å². The maximum Gasteiger partial charge on any atom is 0.0978 e. The van der Waals surface area contributed by atoms with Crippen molar-refractivity contribution >= 4 is 0 Å². The summed E-state index contributed by atoms with van der Waals surface area (Å²) in [5.74, 6) is -0.517. The van der Waals surface area contributed by atoms with Crippen LogP contribution in [-0.4, -0.2) is 0 Å². The molecule has 0 aromatic carbocycles. The third kappa shape index (κ3) is 3.10. The van der Waals surface area contributed by atoms with Gasteiger partial charge in [0.25, 0.3) is 0 Å². The summed E-state index contributed by atoms with van der Waals surface area (Å²) in [6.07, 6.45) is -0.0313. The molecule has 2 heteroatoms. The van der Waals surface area contributed by atoms with Crippen LogP contribution in [0.25, 0.3) is 0 Å². The van der Waals surface area contributed by atoms with Gasteiger partial charge >= 0.3 is 0 Å². The highest BCUT2D eigenvalue weighted by molar-refractivity contribution is 5.19. The van der Waals surface area contributed by atoms with Crippen molar-refractivity contribution in [3.05, 3.63) is 24.6 Å². The molecule has 0 radical (unpaired) electrons. The third-order valence-corrected chi connectivity index (χ3v) is 0.563. The molecule has 0 atom stereocenters. The van der Waals surface area contributed by atoms with Crippen molar-refractivity contribution in [2.75, 3.05) is 0 Å². The molecule has 0 aromatic heterocycles. The summed E-state index contributed by atoms with van der Waals surface area (Å²) in [4.78, 5) is 0. The van der Waals surface area contributed by atoms with E-state index in [1.165, 1.54) is 0 Å². The first-order valence-electron chi connectivity index (χ1n) is 2.08. The predicted molar refractivity (Wildman–Crippen MR) is 29.6 cm³/mol. The van der Waals surface area contributed by atoms with Gasteiger partial charge in [0.2, 0.25) is 0 Å². The second kappa shape index (κ2) is 2.98. The maximum atomic E-state index is 11.7. The first-order chi connectivity index (χ1) is 3.66. The van der Waals surface area contributed by atoms with Crippen molar-refractivity contribution < 1.29 is 4.39 Å². The van der Waals surface area contributed by atoms with Crippen LogP contribution in [0.4, 0.5) is 4.39 Å². The fourth-order valence-electron chi connectivity index (χ4n) is 0.271. The Hall–Kier alpha value is -1.10. The third-order valence-electron chi connectivity index (χ3n) is 0.563. The van der Waals surface area contributed by atoms with Gasteiger partial charge in [-0.25, -0.2) is 4.39 Å². The summed E-state index contributed by atoms with van der Waals surface area (Å²) in [6.45, 7) is 6.22. The smallest absolute Gasteiger partial charge is 0.0978 e. The second-order valence-corrected chi connectivity index (χ2v) is 1.41. The summed E-state index contributed by atoms with van der Waals surface area (Å²) in [7, 11) is 0. The standard InChI is InChI=1S/C6H6FN/c1-5(4-8)3-6(2)7/h1-3H2. The zero-order valence-electron chi connectivity index (χ0n) is 4.45. The van der Waals surface area contributed by atoms with Crippen molar-refractivity contribution in [2.45, 2.75) is 6.42 Å². The highest BCUT2D eigenvalue weighted by Crippen LogP contribution is 2.05. The lowest BCUT2D eigenvalue weighted by molar-refractivity contribution is 0.619. The van der Waals surface area contributed by atoms with Gasteiger partial charge in [-0.2, -0.15) is 5.26 Å². The van der Waals surface area contributed by atoms with E-state index >= 15 is 0 Å². The van der Waals surface area contributed by atoms with Crippen LogP contribution in [-0.2, 0) is 0 Å². The van der Waals surface area contributed by atoms with Crippen molar-refractivity contribution in [2.24, 2.45) is 0 Å². The molecule has 0 bridgehead atoms. The second-order valence-electron chi connectivity index (χ2n) is 1.41. The lowest BCUT2D eigenvalue weighted by atomic mass is 10.2. The van der Waals surface area contributed by atoms with Gasteiger partial charge < -0.3 is 0 Å². The molecule has 0 aliphatic carbocycles. The van der Waals surface area contributed by atoms with Crippen molar-refractivity contribution in [1.82, 2.24) is 0 Å². The molecule has 0 N–H and O–H groups in total. The van der Waals surface area contributed by atoms with Crippen LogP contribution < -0.4 is 0 Å². The Bertz CT molecular complexity index is 152. The lowest BCUT2D eigenvalue weighted by Crippen LogP contribution is -1.73. The number of allylic oxidation sites excluding steroid dienone is 2. The van der Waals surface area contributed by atoms with Gasteiger partial charge in [0.1, 0.15) is 0 Å². The van der Waals surface area contributed by atoms with E-state index < -0.39 is 5.83 Å². The summed E-state index contributed by atoms with van der Waals surface area (Å²) < 4.78 is 11.7. The SMILES string of the molecule is C=C(F)CC(=C)C#N. The molecule has 0 aliphatic rings. The van der Waals surface area contributed by atoms with Crippen LogP contribution in [0.3, 0.4) is 0 Å². The Labute approximate surface area is 47.7 Å². The fraction of sp³-hybridized carbons (Fsp3) is 0.167. The lowest BCUT2D eigenvalue weighted by Gasteiger charge is -1.86. The molecule has 0 fully saturated rings. The Morgan fingerprint density at radius 3 is 2.25 bits per heavy atom. The van der Waals surface area contributed by atoms with Gasteiger partial charge in [0.05, 0.1) is 11.9 Å². The Morgan fingerprint density at radius 1 is 1.62 bits per heavy atom. The molecule has 8 heavy (non-hydrogen) atoms. The summed E-state index contributed by atoms with van der Waals surface area (Å²) in [5.41, 5.74) is 0.206. The molecule has 42 valence electrons. The van der Waals surface area contributed by atoms with Crippen molar-refractivity contribution in [1.29, 1.82) is 5.26 Å². The van der Waals surface area contributed by atoms with E-state index in [4.69, 9.17) is 5.26 Å². The van der Waals surface area contributed by atoms with E-state index in [0.717, 1.165) is 0 Å². The monoisotopic (exact) mass is 111 g/mol. The zero-order chi connectivity index (χ0) is 6.57. The zero-order valence-corrected chi connectivity index (χ0v) is 4.45. The Morgan fingerprint density at radius 2 is 2.12 bits per heavy atom. The molecule has 0 aliphatic heterocycles. The fourth-order valence-corrected chi connectivity index (χ4v) is 0.271. The van der Waals surface area contributed by atoms with Crippen LogP contribution in [0.1, 0.15) is 6.42 Å².